The standard InChI is InChI=1S/C40H37N5S2/c1-2-27(26-46-20-18-41)12-13-29(24-42)35-23-38-39(33-11-7-6-10-32(33)35)34-16-14-28(22-37(34)45(38)31-8-4-3-5-9-31)30-15-17-36(44-25-30)40-43-19-21-47-40/h3-25,27,40,43H,2,26,41-42H2,1H3/b13-12-,20-18-,29-24+. The number of pyridine rings is 1. The summed E-state index contributed by atoms with van der Waals surface area (Å²) in [5.74, 6) is 1.37. The highest BCUT2D eigenvalue weighted by Gasteiger charge is 2.19. The average Bonchev–Trinajstić information content (AvgIpc) is 3.78. The second kappa shape index (κ2) is 13.9. The quantitative estimate of drug-likeness (QED) is 0.128. The van der Waals surface area contributed by atoms with Crippen LogP contribution in [0, 0.1) is 5.92 Å². The van der Waals surface area contributed by atoms with Crippen molar-refractivity contribution in [2.75, 3.05) is 5.75 Å². The summed E-state index contributed by atoms with van der Waals surface area (Å²) in [5.41, 5.74) is 20.7. The first-order valence-corrected chi connectivity index (χ1v) is 17.9. The van der Waals surface area contributed by atoms with Crippen molar-refractivity contribution >= 4 is 61.7 Å². The SMILES string of the molecule is CCC(/C=C\C(=C/N)c1cc2c(c3ccccc13)c1ccc(-c3ccc(C4NC=CS4)nc3)cc1n2-c1ccccc1)CS/C=C\N. The Labute approximate surface area is 284 Å². The van der Waals surface area contributed by atoms with E-state index in [1.54, 1.807) is 35.9 Å². The molecule has 2 unspecified atom stereocenters. The van der Waals surface area contributed by atoms with E-state index in [1.165, 1.54) is 21.5 Å². The maximum absolute atomic E-state index is 6.38. The smallest absolute Gasteiger partial charge is 0.119 e. The summed E-state index contributed by atoms with van der Waals surface area (Å²) in [7, 11) is 0. The van der Waals surface area contributed by atoms with E-state index in [4.69, 9.17) is 16.5 Å². The minimum Gasteiger partial charge on any atom is -0.404 e. The highest BCUT2D eigenvalue weighted by Crippen LogP contribution is 2.41. The van der Waals surface area contributed by atoms with Crippen molar-refractivity contribution in [3.8, 4) is 16.8 Å². The molecular weight excluding hydrogens is 615 g/mol. The van der Waals surface area contributed by atoms with Gasteiger partial charge in [0, 0.05) is 52.6 Å². The van der Waals surface area contributed by atoms with Crippen LogP contribution in [0.1, 0.15) is 30.0 Å². The Hall–Kier alpha value is -4.85. The van der Waals surface area contributed by atoms with Gasteiger partial charge in [-0.05, 0) is 81.0 Å². The number of aromatic nitrogens is 2. The molecule has 7 heteroatoms. The summed E-state index contributed by atoms with van der Waals surface area (Å²) in [6, 6.07) is 32.7. The van der Waals surface area contributed by atoms with Crippen LogP contribution < -0.4 is 16.8 Å². The zero-order valence-corrected chi connectivity index (χ0v) is 27.8. The third-order valence-electron chi connectivity index (χ3n) is 8.75. The third-order valence-corrected chi connectivity index (χ3v) is 10.7. The minimum absolute atomic E-state index is 0.164. The van der Waals surface area contributed by atoms with Gasteiger partial charge in [-0.2, -0.15) is 0 Å². The molecule has 0 bridgehead atoms. The monoisotopic (exact) mass is 651 g/mol. The van der Waals surface area contributed by atoms with Gasteiger partial charge >= 0.3 is 0 Å². The number of nitrogens with two attached hydrogens (primary N) is 2. The van der Waals surface area contributed by atoms with Crippen molar-refractivity contribution in [1.29, 1.82) is 0 Å². The number of hydrogen-bond acceptors (Lipinski definition) is 6. The Kier molecular flexibility index (Phi) is 9.09. The van der Waals surface area contributed by atoms with E-state index >= 15 is 0 Å². The summed E-state index contributed by atoms with van der Waals surface area (Å²) in [6.07, 6.45) is 12.8. The van der Waals surface area contributed by atoms with Crippen molar-refractivity contribution in [3.05, 3.63) is 150 Å². The van der Waals surface area contributed by atoms with Crippen LogP contribution in [-0.2, 0) is 0 Å². The number of fused-ring (bicyclic) bond motifs is 5. The Morgan fingerprint density at radius 2 is 1.74 bits per heavy atom. The predicted octanol–water partition coefficient (Wildman–Crippen LogP) is 9.85. The second-order valence-electron chi connectivity index (χ2n) is 11.5. The third kappa shape index (κ3) is 6.04. The molecule has 4 aromatic carbocycles. The number of benzene rings is 4. The zero-order chi connectivity index (χ0) is 32.2. The lowest BCUT2D eigenvalue weighted by molar-refractivity contribution is 0.711. The Morgan fingerprint density at radius 1 is 0.936 bits per heavy atom. The normalized spacial score (nSPS) is 15.9. The minimum atomic E-state index is 0.164. The van der Waals surface area contributed by atoms with Gasteiger partial charge in [0.05, 0.1) is 16.7 Å². The van der Waals surface area contributed by atoms with E-state index in [9.17, 15) is 0 Å². The molecule has 0 radical (unpaired) electrons. The molecule has 6 aromatic rings. The van der Waals surface area contributed by atoms with Gasteiger partial charge in [-0.15, -0.1) is 23.5 Å². The van der Waals surface area contributed by atoms with Crippen LogP contribution in [0.4, 0.5) is 0 Å². The van der Waals surface area contributed by atoms with Gasteiger partial charge in [0.15, 0.2) is 0 Å². The molecule has 3 heterocycles. The van der Waals surface area contributed by atoms with Gasteiger partial charge in [-0.25, -0.2) is 0 Å². The van der Waals surface area contributed by atoms with Crippen LogP contribution >= 0.6 is 23.5 Å². The van der Waals surface area contributed by atoms with E-state index in [0.717, 1.165) is 56.9 Å². The molecule has 1 aliphatic heterocycles. The van der Waals surface area contributed by atoms with Crippen molar-refractivity contribution in [1.82, 2.24) is 14.9 Å². The van der Waals surface area contributed by atoms with E-state index in [0.29, 0.717) is 5.92 Å². The molecule has 0 aliphatic carbocycles. The fraction of sp³-hybridized carbons (Fsp3) is 0.125. The fourth-order valence-corrected chi connectivity index (χ4v) is 7.91. The molecule has 47 heavy (non-hydrogen) atoms. The molecule has 7 rings (SSSR count). The molecule has 0 spiro atoms. The molecule has 234 valence electrons. The lowest BCUT2D eigenvalue weighted by Gasteiger charge is -2.13. The van der Waals surface area contributed by atoms with E-state index in [2.05, 4.69) is 125 Å². The van der Waals surface area contributed by atoms with Crippen molar-refractivity contribution in [2.24, 2.45) is 17.4 Å². The molecule has 1 aliphatic rings. The van der Waals surface area contributed by atoms with Gasteiger partial charge in [0.1, 0.15) is 5.37 Å². The van der Waals surface area contributed by atoms with Gasteiger partial charge in [0.25, 0.3) is 0 Å². The van der Waals surface area contributed by atoms with E-state index in [-0.39, 0.29) is 5.37 Å². The van der Waals surface area contributed by atoms with E-state index < -0.39 is 0 Å². The van der Waals surface area contributed by atoms with Crippen LogP contribution in [0.25, 0.3) is 55.0 Å². The summed E-state index contributed by atoms with van der Waals surface area (Å²) in [6.45, 7) is 2.22. The van der Waals surface area contributed by atoms with Crippen LogP contribution in [-0.4, -0.2) is 15.3 Å². The largest absolute Gasteiger partial charge is 0.404 e. The summed E-state index contributed by atoms with van der Waals surface area (Å²) in [5, 5.41) is 12.4. The Balaban J connectivity index is 1.41. The summed E-state index contributed by atoms with van der Waals surface area (Å²) in [4.78, 5) is 4.81. The van der Waals surface area contributed by atoms with Gasteiger partial charge in [-0.3, -0.25) is 4.98 Å². The first kappa shape index (κ1) is 30.8. The highest BCUT2D eigenvalue weighted by atomic mass is 32.2. The number of thioether (sulfide) groups is 2. The second-order valence-corrected chi connectivity index (χ2v) is 13.5. The summed E-state index contributed by atoms with van der Waals surface area (Å²) >= 11 is 3.47. The molecule has 2 atom stereocenters. The highest BCUT2D eigenvalue weighted by molar-refractivity contribution is 8.02. The number of rotatable bonds is 10. The first-order valence-electron chi connectivity index (χ1n) is 15.9. The topological polar surface area (TPSA) is 81.9 Å². The van der Waals surface area contributed by atoms with Gasteiger partial charge in [0.2, 0.25) is 0 Å². The lowest BCUT2D eigenvalue weighted by atomic mass is 9.94. The van der Waals surface area contributed by atoms with Gasteiger partial charge in [-0.1, -0.05) is 79.7 Å². The zero-order valence-electron chi connectivity index (χ0n) is 26.2. The van der Waals surface area contributed by atoms with Crippen LogP contribution in [0.15, 0.2) is 139 Å². The number of nitrogens with zero attached hydrogens (tertiary/aromatic N) is 2. The fourth-order valence-electron chi connectivity index (χ4n) is 6.34. The van der Waals surface area contributed by atoms with Crippen molar-refractivity contribution in [3.63, 3.8) is 0 Å². The first-order chi connectivity index (χ1) is 23.2. The number of nitrogens with one attached hydrogen (secondary N) is 1. The van der Waals surface area contributed by atoms with E-state index in [1.807, 2.05) is 17.8 Å². The predicted molar refractivity (Wildman–Crippen MR) is 205 cm³/mol. The van der Waals surface area contributed by atoms with Gasteiger partial charge < -0.3 is 21.4 Å². The lowest BCUT2D eigenvalue weighted by Crippen LogP contribution is -2.08. The average molecular weight is 652 g/mol. The van der Waals surface area contributed by atoms with Crippen LogP contribution in [0.3, 0.4) is 0 Å². The van der Waals surface area contributed by atoms with Crippen LogP contribution in [0.2, 0.25) is 0 Å². The molecule has 0 fully saturated rings. The molecular formula is C40H37N5S2. The molecule has 0 saturated heterocycles. The summed E-state index contributed by atoms with van der Waals surface area (Å²) < 4.78 is 2.39. The molecule has 5 N–H and O–H groups in total. The van der Waals surface area contributed by atoms with Crippen molar-refractivity contribution < 1.29 is 0 Å². The number of hydrogen-bond donors (Lipinski definition) is 3. The maximum atomic E-state index is 6.38. The Morgan fingerprint density at radius 3 is 2.47 bits per heavy atom. The van der Waals surface area contributed by atoms with Crippen LogP contribution in [0.5, 0.6) is 0 Å². The number of para-hydroxylation sites is 1. The number of allylic oxidation sites excluding steroid dienone is 3. The maximum Gasteiger partial charge on any atom is 0.119 e. The molecule has 5 nitrogen and oxygen atoms in total. The molecule has 0 amide bonds. The van der Waals surface area contributed by atoms with Crippen molar-refractivity contribution in [2.45, 2.75) is 18.7 Å². The molecule has 0 saturated carbocycles. The molecule has 2 aromatic heterocycles. The Bertz CT molecular complexity index is 2150.